The molecule has 150 valence electrons. The van der Waals surface area contributed by atoms with Crippen LogP contribution in [0.3, 0.4) is 0 Å². The van der Waals surface area contributed by atoms with Crippen LogP contribution in [0.15, 0.2) is 41.3 Å². The van der Waals surface area contributed by atoms with Gasteiger partial charge in [0, 0.05) is 22.5 Å². The number of fused-ring (bicyclic) bond motifs is 1. The van der Waals surface area contributed by atoms with Crippen molar-refractivity contribution in [3.8, 4) is 0 Å². The number of benzene rings is 2. The lowest BCUT2D eigenvalue weighted by Crippen LogP contribution is -2.37. The van der Waals surface area contributed by atoms with E-state index < -0.39 is 26.9 Å². The Balaban J connectivity index is 1.75. The molecule has 9 heteroatoms. The van der Waals surface area contributed by atoms with E-state index in [2.05, 4.69) is 0 Å². The van der Waals surface area contributed by atoms with Gasteiger partial charge in [-0.1, -0.05) is 6.07 Å². The van der Waals surface area contributed by atoms with Crippen molar-refractivity contribution in [3.05, 3.63) is 59.2 Å². The Labute approximate surface area is 167 Å². The number of nitrogens with zero attached hydrogens (tertiary/aromatic N) is 1. The van der Waals surface area contributed by atoms with Crippen molar-refractivity contribution in [2.75, 3.05) is 10.7 Å². The molecule has 0 bridgehead atoms. The minimum Gasteiger partial charge on any atom is -0.308 e. The van der Waals surface area contributed by atoms with E-state index in [1.165, 1.54) is 30.3 Å². The highest BCUT2D eigenvalue weighted by Gasteiger charge is 2.32. The zero-order valence-electron chi connectivity index (χ0n) is 15.4. The van der Waals surface area contributed by atoms with E-state index in [-0.39, 0.29) is 28.2 Å². The molecule has 1 heterocycles. The number of rotatable bonds is 5. The molecule has 2 aromatic carbocycles. The lowest BCUT2D eigenvalue weighted by Gasteiger charge is -2.23. The zero-order valence-corrected chi connectivity index (χ0v) is 17.0. The van der Waals surface area contributed by atoms with Gasteiger partial charge in [0.25, 0.3) is 0 Å². The van der Waals surface area contributed by atoms with E-state index >= 15 is 0 Å². The third-order valence-electron chi connectivity index (χ3n) is 4.73. The Morgan fingerprint density at radius 1 is 1.29 bits per heavy atom. The summed E-state index contributed by atoms with van der Waals surface area (Å²) in [6, 6.07) is 7.96. The van der Waals surface area contributed by atoms with Crippen molar-refractivity contribution < 1.29 is 22.0 Å². The molecule has 1 amide bonds. The third-order valence-corrected chi connectivity index (χ3v) is 6.79. The molecule has 0 fully saturated rings. The molecule has 1 aliphatic rings. The topological polar surface area (TPSA) is 80.5 Å². The Bertz CT molecular complexity index is 1010. The minimum atomic E-state index is -3.82. The van der Waals surface area contributed by atoms with Crippen molar-refractivity contribution in [3.63, 3.8) is 0 Å². The molecule has 28 heavy (non-hydrogen) atoms. The van der Waals surface area contributed by atoms with Crippen LogP contribution in [0.5, 0.6) is 0 Å². The monoisotopic (exact) mass is 426 g/mol. The lowest BCUT2D eigenvalue weighted by molar-refractivity contribution is -0.116. The van der Waals surface area contributed by atoms with E-state index in [4.69, 9.17) is 5.14 Å². The van der Waals surface area contributed by atoms with Crippen LogP contribution in [0.25, 0.3) is 0 Å². The van der Waals surface area contributed by atoms with Crippen LogP contribution in [0, 0.1) is 11.6 Å². The average molecular weight is 427 g/mol. The molecular weight excluding hydrogens is 406 g/mol. The first-order valence-corrected chi connectivity index (χ1v) is 11.2. The minimum absolute atomic E-state index is 0.00535. The maximum Gasteiger partial charge on any atom is 0.238 e. The van der Waals surface area contributed by atoms with Crippen molar-refractivity contribution in [2.24, 2.45) is 5.14 Å². The fourth-order valence-corrected chi connectivity index (χ4v) is 4.90. The number of thioether (sulfide) groups is 1. The summed E-state index contributed by atoms with van der Waals surface area (Å²) in [6.45, 7) is 3.51. The summed E-state index contributed by atoms with van der Waals surface area (Å²) in [5, 5.41) is 4.63. The molecule has 0 spiro atoms. The Morgan fingerprint density at radius 3 is 2.54 bits per heavy atom. The molecule has 0 radical (unpaired) electrons. The predicted molar refractivity (Wildman–Crippen MR) is 106 cm³/mol. The smallest absolute Gasteiger partial charge is 0.238 e. The maximum absolute atomic E-state index is 13.9. The van der Waals surface area contributed by atoms with Gasteiger partial charge in [-0.2, -0.15) is 0 Å². The number of primary sulfonamides is 1. The number of carbonyl (C=O) groups is 1. The molecule has 0 aromatic heterocycles. The summed E-state index contributed by atoms with van der Waals surface area (Å²) in [6.07, 6.45) is 0.507. The van der Waals surface area contributed by atoms with Gasteiger partial charge in [-0.05, 0) is 56.2 Å². The van der Waals surface area contributed by atoms with Crippen molar-refractivity contribution in [1.29, 1.82) is 0 Å². The first-order valence-electron chi connectivity index (χ1n) is 8.63. The molecule has 0 aliphatic carbocycles. The molecule has 0 saturated carbocycles. The van der Waals surface area contributed by atoms with Gasteiger partial charge in [0.2, 0.25) is 15.9 Å². The molecule has 3 rings (SSSR count). The van der Waals surface area contributed by atoms with Gasteiger partial charge in [-0.25, -0.2) is 22.3 Å². The highest BCUT2D eigenvalue weighted by molar-refractivity contribution is 8.00. The second-order valence-corrected chi connectivity index (χ2v) is 9.63. The van der Waals surface area contributed by atoms with Crippen molar-refractivity contribution in [1.82, 2.24) is 0 Å². The number of amides is 1. The first-order chi connectivity index (χ1) is 13.1. The third kappa shape index (κ3) is 4.06. The number of halogens is 2. The molecule has 2 aromatic rings. The van der Waals surface area contributed by atoms with Gasteiger partial charge in [-0.15, -0.1) is 11.8 Å². The lowest BCUT2D eigenvalue weighted by atomic mass is 10.1. The Morgan fingerprint density at radius 2 is 1.93 bits per heavy atom. The van der Waals surface area contributed by atoms with Crippen LogP contribution in [0.2, 0.25) is 0 Å². The highest BCUT2D eigenvalue weighted by atomic mass is 32.2. The standard InChI is InChI=1S/C19H20F2N2O3S2/c1-11-8-13-9-14(28(22,25)26)6-7-17(13)23(11)18(24)10-27-12(2)19-15(20)4-3-5-16(19)21/h3-7,9,11-12H,8,10H2,1-2H3,(H2,22,25,26). The summed E-state index contributed by atoms with van der Waals surface area (Å²) in [5.41, 5.74) is 1.31. The SMILES string of the molecule is CC(SCC(=O)N1c2ccc(S(N)(=O)=O)cc2CC1C)c1c(F)cccc1F. The quantitative estimate of drug-likeness (QED) is 0.795. The van der Waals surface area contributed by atoms with Gasteiger partial charge in [0.15, 0.2) is 0 Å². The highest BCUT2D eigenvalue weighted by Crippen LogP contribution is 2.36. The van der Waals surface area contributed by atoms with Gasteiger partial charge >= 0.3 is 0 Å². The Hall–Kier alpha value is -1.97. The number of anilines is 1. The molecule has 5 nitrogen and oxygen atoms in total. The number of hydrogen-bond donors (Lipinski definition) is 1. The second kappa shape index (κ2) is 7.81. The average Bonchev–Trinajstić information content (AvgIpc) is 2.93. The summed E-state index contributed by atoms with van der Waals surface area (Å²) >= 11 is 1.15. The van der Waals surface area contributed by atoms with Gasteiger partial charge in [0.1, 0.15) is 11.6 Å². The Kier molecular flexibility index (Phi) is 5.79. The maximum atomic E-state index is 13.9. The summed E-state index contributed by atoms with van der Waals surface area (Å²) in [5.74, 6) is -1.44. The number of nitrogens with two attached hydrogens (primary N) is 1. The summed E-state index contributed by atoms with van der Waals surface area (Å²) in [7, 11) is -3.82. The second-order valence-electron chi connectivity index (χ2n) is 6.74. The van der Waals surface area contributed by atoms with E-state index in [0.29, 0.717) is 12.1 Å². The van der Waals surface area contributed by atoms with E-state index in [9.17, 15) is 22.0 Å². The summed E-state index contributed by atoms with van der Waals surface area (Å²) < 4.78 is 50.9. The van der Waals surface area contributed by atoms with Crippen LogP contribution in [-0.4, -0.2) is 26.1 Å². The van der Waals surface area contributed by atoms with E-state index in [0.717, 1.165) is 17.3 Å². The zero-order chi connectivity index (χ0) is 20.6. The largest absolute Gasteiger partial charge is 0.308 e. The van der Waals surface area contributed by atoms with Crippen LogP contribution in [0.4, 0.5) is 14.5 Å². The molecular formula is C19H20F2N2O3S2. The van der Waals surface area contributed by atoms with Gasteiger partial charge in [-0.3, -0.25) is 4.79 Å². The number of sulfonamides is 1. The molecule has 2 N–H and O–H groups in total. The van der Waals surface area contributed by atoms with Crippen LogP contribution < -0.4 is 10.0 Å². The predicted octanol–water partition coefficient (Wildman–Crippen LogP) is 3.38. The fourth-order valence-electron chi connectivity index (χ4n) is 3.41. The van der Waals surface area contributed by atoms with Gasteiger partial charge in [0.05, 0.1) is 10.6 Å². The molecule has 2 unspecified atom stereocenters. The van der Waals surface area contributed by atoms with E-state index in [1.807, 2.05) is 6.92 Å². The fraction of sp³-hybridized carbons (Fsp3) is 0.316. The summed E-state index contributed by atoms with van der Waals surface area (Å²) in [4.78, 5) is 14.4. The van der Waals surface area contributed by atoms with Gasteiger partial charge < -0.3 is 4.90 Å². The van der Waals surface area contributed by atoms with Crippen LogP contribution in [0.1, 0.15) is 30.2 Å². The van der Waals surface area contributed by atoms with Crippen LogP contribution >= 0.6 is 11.8 Å². The molecule has 0 saturated heterocycles. The number of hydrogen-bond acceptors (Lipinski definition) is 4. The van der Waals surface area contributed by atoms with E-state index in [1.54, 1.807) is 17.9 Å². The van der Waals surface area contributed by atoms with Crippen LogP contribution in [-0.2, 0) is 21.2 Å². The molecule has 1 aliphatic heterocycles. The molecule has 2 atom stereocenters. The first kappa shape index (κ1) is 20.8. The normalized spacial score (nSPS) is 17.5. The van der Waals surface area contributed by atoms with Crippen molar-refractivity contribution >= 4 is 33.4 Å². The number of carbonyl (C=O) groups excluding carboxylic acids is 1. The van der Waals surface area contributed by atoms with Crippen molar-refractivity contribution in [2.45, 2.75) is 36.5 Å².